The molecule has 1 unspecified atom stereocenters. The van der Waals surface area contributed by atoms with Gasteiger partial charge in [0, 0.05) is 29.7 Å². The van der Waals surface area contributed by atoms with Crippen LogP contribution in [0.25, 0.3) is 0 Å². The number of hydrogen-bond donors (Lipinski definition) is 5. The smallest absolute Gasteiger partial charge is 0.253 e. The number of nitrogens with one attached hydrogen (secondary N) is 4. The summed E-state index contributed by atoms with van der Waals surface area (Å²) in [5.74, 6) is -0.991. The number of benzene rings is 1. The fourth-order valence-electron chi connectivity index (χ4n) is 3.28. The molecule has 3 rings (SSSR count). The van der Waals surface area contributed by atoms with Crippen molar-refractivity contribution in [3.8, 4) is 5.75 Å². The van der Waals surface area contributed by atoms with Crippen LogP contribution in [0.5, 0.6) is 5.75 Å². The lowest BCUT2D eigenvalue weighted by atomic mass is 10.0. The Morgan fingerprint density at radius 3 is 2.68 bits per heavy atom. The number of halogens is 2. The second-order valence-electron chi connectivity index (χ2n) is 7.67. The van der Waals surface area contributed by atoms with E-state index in [2.05, 4.69) is 31.2 Å². The molecule has 180 valence electrons. The number of aliphatic imine (C=N–C) groups is 1. The predicted molar refractivity (Wildman–Crippen MR) is 130 cm³/mol. The first-order valence-electron chi connectivity index (χ1n) is 10.4. The van der Waals surface area contributed by atoms with Crippen LogP contribution >= 0.6 is 23.2 Å². The van der Waals surface area contributed by atoms with Crippen LogP contribution in [0.15, 0.2) is 29.4 Å². The lowest BCUT2D eigenvalue weighted by molar-refractivity contribution is -0.121. The van der Waals surface area contributed by atoms with Crippen LogP contribution in [0, 0.1) is 6.92 Å². The molecule has 0 saturated carbocycles. The molecule has 1 aliphatic heterocycles. The maximum absolute atomic E-state index is 12.6. The lowest BCUT2D eigenvalue weighted by Crippen LogP contribution is -2.39. The summed E-state index contributed by atoms with van der Waals surface area (Å²) in [6.45, 7) is 4.17. The van der Waals surface area contributed by atoms with Crippen LogP contribution in [-0.4, -0.2) is 53.3 Å². The van der Waals surface area contributed by atoms with Crippen molar-refractivity contribution in [3.63, 3.8) is 0 Å². The number of phenolic OH excluding ortho intramolecular Hbond substituents is 1. The largest absolute Gasteiger partial charge is 0.506 e. The maximum Gasteiger partial charge on any atom is 0.253 e. The summed E-state index contributed by atoms with van der Waals surface area (Å²) < 4.78 is 0. The molecule has 12 heteroatoms. The zero-order valence-electron chi connectivity index (χ0n) is 18.5. The summed E-state index contributed by atoms with van der Waals surface area (Å²) >= 11 is 12.0. The first-order chi connectivity index (χ1) is 16.1. The molecule has 1 aliphatic rings. The molecule has 0 fully saturated rings. The number of phenols is 1. The van der Waals surface area contributed by atoms with Crippen molar-refractivity contribution in [2.45, 2.75) is 26.3 Å². The van der Waals surface area contributed by atoms with Gasteiger partial charge < -0.3 is 26.4 Å². The number of aryl methyl sites for hydroxylation is 1. The molecule has 0 radical (unpaired) electrons. The Hall–Kier alpha value is -3.37. The second-order valence-corrected chi connectivity index (χ2v) is 8.52. The van der Waals surface area contributed by atoms with Crippen LogP contribution in [0.1, 0.15) is 41.0 Å². The number of carbonyl (C=O) groups is 3. The van der Waals surface area contributed by atoms with E-state index in [4.69, 9.17) is 23.2 Å². The van der Waals surface area contributed by atoms with E-state index in [-0.39, 0.29) is 45.7 Å². The number of rotatable bonds is 8. The molecule has 5 N–H and O–H groups in total. The van der Waals surface area contributed by atoms with Gasteiger partial charge in [-0.2, -0.15) is 0 Å². The number of ketones is 1. The van der Waals surface area contributed by atoms with Crippen LogP contribution in [0.3, 0.4) is 0 Å². The molecule has 34 heavy (non-hydrogen) atoms. The topological polar surface area (TPSA) is 145 Å². The van der Waals surface area contributed by atoms with Crippen LogP contribution in [0.2, 0.25) is 10.0 Å². The van der Waals surface area contributed by atoms with Gasteiger partial charge in [-0.3, -0.25) is 24.4 Å². The average molecular weight is 507 g/mol. The fourth-order valence-corrected chi connectivity index (χ4v) is 3.79. The average Bonchev–Trinajstić information content (AvgIpc) is 3.28. The van der Waals surface area contributed by atoms with Gasteiger partial charge in [0.2, 0.25) is 5.91 Å². The van der Waals surface area contributed by atoms with Crippen molar-refractivity contribution in [1.29, 1.82) is 0 Å². The molecule has 1 aromatic heterocycles. The van der Waals surface area contributed by atoms with Crippen molar-refractivity contribution in [1.82, 2.24) is 20.9 Å². The molecule has 10 nitrogen and oxygen atoms in total. The summed E-state index contributed by atoms with van der Waals surface area (Å²) in [7, 11) is 0. The quantitative estimate of drug-likeness (QED) is 0.369. The molecule has 0 bridgehead atoms. The third kappa shape index (κ3) is 6.58. The van der Waals surface area contributed by atoms with Crippen molar-refractivity contribution in [2.24, 2.45) is 4.99 Å². The van der Waals surface area contributed by atoms with E-state index in [0.29, 0.717) is 23.9 Å². The number of Topliss-reactive ketones (excluding diaryl/α,β-unsaturated/α-hetero) is 1. The molecular weight excluding hydrogens is 483 g/mol. The zero-order chi connectivity index (χ0) is 24.8. The van der Waals surface area contributed by atoms with E-state index in [9.17, 15) is 19.5 Å². The van der Waals surface area contributed by atoms with E-state index >= 15 is 0 Å². The van der Waals surface area contributed by atoms with Gasteiger partial charge in [0.1, 0.15) is 11.5 Å². The van der Waals surface area contributed by atoms with Gasteiger partial charge in [0.05, 0.1) is 41.1 Å². The van der Waals surface area contributed by atoms with Crippen molar-refractivity contribution >= 4 is 52.4 Å². The predicted octanol–water partition coefficient (Wildman–Crippen LogP) is 2.34. The van der Waals surface area contributed by atoms with Crippen molar-refractivity contribution in [3.05, 3.63) is 51.3 Å². The van der Waals surface area contributed by atoms with Gasteiger partial charge in [-0.25, -0.2) is 0 Å². The van der Waals surface area contributed by atoms with Gasteiger partial charge in [-0.1, -0.05) is 23.2 Å². The number of hydrogen-bond acceptors (Lipinski definition) is 8. The molecule has 0 saturated heterocycles. The lowest BCUT2D eigenvalue weighted by Gasteiger charge is -2.20. The second kappa shape index (κ2) is 11.2. The third-order valence-corrected chi connectivity index (χ3v) is 5.45. The number of aromatic hydroxyl groups is 1. The van der Waals surface area contributed by atoms with E-state index in [1.54, 1.807) is 13.0 Å². The summed E-state index contributed by atoms with van der Waals surface area (Å²) in [6.07, 6.45) is 1.31. The standard InChI is InChI=1S/C22H24Cl2N6O4/c1-11(31)5-18(15-7-14(23)8-16(24)20(15)33)29-19(32)10-28-21(34)13-6-17(12(2)27-9-13)30-22-25-3-4-26-22/h6-9,18,33H,3-5,10H2,1-2H3,(H,28,34)(H,29,32)(H2,25,26,30). The van der Waals surface area contributed by atoms with Gasteiger partial charge in [-0.05, 0) is 32.0 Å². The Balaban J connectivity index is 1.66. The minimum atomic E-state index is -0.880. The molecule has 1 atom stereocenters. The molecule has 0 spiro atoms. The van der Waals surface area contributed by atoms with Crippen LogP contribution in [-0.2, 0) is 9.59 Å². The zero-order valence-corrected chi connectivity index (χ0v) is 20.0. The highest BCUT2D eigenvalue weighted by Gasteiger charge is 2.22. The highest BCUT2D eigenvalue weighted by Crippen LogP contribution is 2.36. The Morgan fingerprint density at radius 2 is 2.00 bits per heavy atom. The fraction of sp³-hybridized carbons (Fsp3) is 0.318. The Morgan fingerprint density at radius 1 is 1.24 bits per heavy atom. The monoisotopic (exact) mass is 506 g/mol. The van der Waals surface area contributed by atoms with E-state index in [1.807, 2.05) is 0 Å². The van der Waals surface area contributed by atoms with Gasteiger partial charge in [0.15, 0.2) is 5.96 Å². The first-order valence-corrected chi connectivity index (χ1v) is 11.2. The normalized spacial score (nSPS) is 13.5. The number of guanidine groups is 1. The number of pyridine rings is 1. The number of aromatic nitrogens is 1. The number of nitrogens with zero attached hydrogens (tertiary/aromatic N) is 2. The summed E-state index contributed by atoms with van der Waals surface area (Å²) in [5, 5.41) is 21.8. The summed E-state index contributed by atoms with van der Waals surface area (Å²) in [4.78, 5) is 45.3. The van der Waals surface area contributed by atoms with E-state index in [0.717, 1.165) is 6.54 Å². The Bertz CT molecular complexity index is 1150. The van der Waals surface area contributed by atoms with E-state index < -0.39 is 17.9 Å². The van der Waals surface area contributed by atoms with Gasteiger partial charge in [-0.15, -0.1) is 0 Å². The van der Waals surface area contributed by atoms with E-state index in [1.165, 1.54) is 25.3 Å². The summed E-state index contributed by atoms with van der Waals surface area (Å²) in [6, 6.07) is 3.51. The number of anilines is 1. The van der Waals surface area contributed by atoms with Gasteiger partial charge >= 0.3 is 0 Å². The Labute approximate surface area is 206 Å². The molecule has 0 aliphatic carbocycles. The first kappa shape index (κ1) is 25.3. The number of carbonyl (C=O) groups excluding carboxylic acids is 3. The van der Waals surface area contributed by atoms with Gasteiger partial charge in [0.25, 0.3) is 5.91 Å². The SMILES string of the molecule is CC(=O)CC(NC(=O)CNC(=O)c1cnc(C)c(NC2=NCCN2)c1)c1cc(Cl)cc(Cl)c1O. The molecule has 2 aromatic rings. The van der Waals surface area contributed by atoms with Crippen molar-refractivity contribution < 1.29 is 19.5 Å². The number of amides is 2. The van der Waals surface area contributed by atoms with Crippen LogP contribution in [0.4, 0.5) is 5.69 Å². The molecule has 2 heterocycles. The maximum atomic E-state index is 12.6. The molecule has 2 amide bonds. The summed E-state index contributed by atoms with van der Waals surface area (Å²) in [5.41, 5.74) is 1.74. The minimum Gasteiger partial charge on any atom is -0.506 e. The van der Waals surface area contributed by atoms with Crippen molar-refractivity contribution in [2.75, 3.05) is 25.0 Å². The highest BCUT2D eigenvalue weighted by molar-refractivity contribution is 6.35. The van der Waals surface area contributed by atoms with Crippen LogP contribution < -0.4 is 21.3 Å². The minimum absolute atomic E-state index is 0.00587. The molecular formula is C22H24Cl2N6O4. The molecule has 1 aromatic carbocycles. The Kier molecular flexibility index (Phi) is 8.30. The highest BCUT2D eigenvalue weighted by atomic mass is 35.5. The third-order valence-electron chi connectivity index (χ3n) is 4.95.